The molecule has 3 aromatic carbocycles. The minimum absolute atomic E-state index is 0.0806. The van der Waals surface area contributed by atoms with Gasteiger partial charge in [0, 0.05) is 11.1 Å². The molecule has 0 aliphatic carbocycles. The fraction of sp³-hybridized carbons (Fsp3) is 0.154. The standard InChI is InChI=1S/C26H23N5O4/c1-17-7-9-18(10-8-17)26(32)30-23-6-4-3-5-22(23)28-25(30)19-11-12-24(35-2)20(13-19)15-29-16-21(14-27-29)31(33)34/h3-14,16,25,28H,15H2,1-2H3. The van der Waals surface area contributed by atoms with Crippen LogP contribution >= 0.6 is 0 Å². The number of rotatable bonds is 6. The molecule has 5 rings (SSSR count). The van der Waals surface area contributed by atoms with Gasteiger partial charge in [0.25, 0.3) is 5.91 Å². The van der Waals surface area contributed by atoms with Crippen molar-refractivity contribution in [3.05, 3.63) is 111 Å². The van der Waals surface area contributed by atoms with Gasteiger partial charge in [0.1, 0.15) is 24.3 Å². The van der Waals surface area contributed by atoms with E-state index in [1.54, 1.807) is 12.0 Å². The molecule has 1 unspecified atom stereocenters. The Morgan fingerprint density at radius 1 is 1.14 bits per heavy atom. The van der Waals surface area contributed by atoms with Crippen molar-refractivity contribution in [1.82, 2.24) is 9.78 Å². The van der Waals surface area contributed by atoms with Crippen molar-refractivity contribution in [1.29, 1.82) is 0 Å². The monoisotopic (exact) mass is 469 g/mol. The molecule has 9 heteroatoms. The molecule has 1 aromatic heterocycles. The second-order valence-corrected chi connectivity index (χ2v) is 8.33. The maximum absolute atomic E-state index is 13.7. The van der Waals surface area contributed by atoms with Crippen molar-refractivity contribution < 1.29 is 14.5 Å². The number of amides is 1. The first-order valence-electron chi connectivity index (χ1n) is 11.0. The highest BCUT2D eigenvalue weighted by molar-refractivity contribution is 6.10. The summed E-state index contributed by atoms with van der Waals surface area (Å²) >= 11 is 0. The Kier molecular flexibility index (Phi) is 5.66. The highest BCUT2D eigenvalue weighted by atomic mass is 16.6. The molecule has 0 radical (unpaired) electrons. The van der Waals surface area contributed by atoms with Gasteiger partial charge in [-0.05, 0) is 48.9 Å². The van der Waals surface area contributed by atoms with Crippen LogP contribution in [0, 0.1) is 17.0 Å². The van der Waals surface area contributed by atoms with E-state index < -0.39 is 11.1 Å². The van der Waals surface area contributed by atoms with Crippen molar-refractivity contribution in [3.63, 3.8) is 0 Å². The summed E-state index contributed by atoms with van der Waals surface area (Å²) in [5.74, 6) is 0.506. The normalized spacial score (nSPS) is 14.3. The lowest BCUT2D eigenvalue weighted by atomic mass is 10.1. The summed E-state index contributed by atoms with van der Waals surface area (Å²) in [5, 5.41) is 18.6. The summed E-state index contributed by atoms with van der Waals surface area (Å²) < 4.78 is 7.02. The number of aryl methyl sites for hydroxylation is 1. The highest BCUT2D eigenvalue weighted by Gasteiger charge is 2.35. The fourth-order valence-corrected chi connectivity index (χ4v) is 4.25. The number of hydrogen-bond acceptors (Lipinski definition) is 6. The first kappa shape index (κ1) is 22.1. The van der Waals surface area contributed by atoms with E-state index in [0.717, 1.165) is 28.1 Å². The number of nitrogens with one attached hydrogen (secondary N) is 1. The molecule has 1 amide bonds. The van der Waals surface area contributed by atoms with E-state index in [9.17, 15) is 14.9 Å². The number of benzene rings is 3. The summed E-state index contributed by atoms with van der Waals surface area (Å²) in [5.41, 5.74) is 4.88. The van der Waals surface area contributed by atoms with Gasteiger partial charge in [-0.3, -0.25) is 24.5 Å². The molecule has 0 bridgehead atoms. The van der Waals surface area contributed by atoms with E-state index in [-0.39, 0.29) is 18.1 Å². The third kappa shape index (κ3) is 4.19. The van der Waals surface area contributed by atoms with Crippen LogP contribution in [-0.2, 0) is 6.54 Å². The van der Waals surface area contributed by atoms with Crippen molar-refractivity contribution >= 4 is 23.0 Å². The van der Waals surface area contributed by atoms with Crippen molar-refractivity contribution in [3.8, 4) is 5.75 Å². The lowest BCUT2D eigenvalue weighted by Crippen LogP contribution is -2.34. The zero-order chi connectivity index (χ0) is 24.5. The molecule has 0 saturated heterocycles. The number of aromatic nitrogens is 2. The van der Waals surface area contributed by atoms with E-state index >= 15 is 0 Å². The van der Waals surface area contributed by atoms with Crippen LogP contribution in [0.5, 0.6) is 5.75 Å². The predicted molar refractivity (Wildman–Crippen MR) is 132 cm³/mol. The van der Waals surface area contributed by atoms with Crippen LogP contribution in [0.25, 0.3) is 0 Å². The Balaban J connectivity index is 1.53. The first-order valence-corrected chi connectivity index (χ1v) is 11.0. The van der Waals surface area contributed by atoms with E-state index in [1.165, 1.54) is 17.1 Å². The van der Waals surface area contributed by atoms with Gasteiger partial charge >= 0.3 is 5.69 Å². The largest absolute Gasteiger partial charge is 0.496 e. The van der Waals surface area contributed by atoms with Crippen LogP contribution in [-0.4, -0.2) is 27.7 Å². The number of ether oxygens (including phenoxy) is 1. The molecular weight excluding hydrogens is 446 g/mol. The Morgan fingerprint density at radius 3 is 2.63 bits per heavy atom. The van der Waals surface area contributed by atoms with Crippen molar-refractivity contribution in [2.24, 2.45) is 0 Å². The Morgan fingerprint density at radius 2 is 1.91 bits per heavy atom. The molecule has 0 fully saturated rings. The molecule has 176 valence electrons. The number of carbonyl (C=O) groups is 1. The van der Waals surface area contributed by atoms with Crippen LogP contribution in [0.15, 0.2) is 79.1 Å². The summed E-state index contributed by atoms with van der Waals surface area (Å²) in [6.07, 6.45) is 2.15. The molecule has 1 atom stereocenters. The van der Waals surface area contributed by atoms with Crippen LogP contribution in [0.3, 0.4) is 0 Å². The summed E-state index contributed by atoms with van der Waals surface area (Å²) in [7, 11) is 1.57. The van der Waals surface area contributed by atoms with Gasteiger partial charge in [0.15, 0.2) is 0 Å². The number of fused-ring (bicyclic) bond motifs is 1. The lowest BCUT2D eigenvalue weighted by Gasteiger charge is -2.26. The Labute approximate surface area is 201 Å². The third-order valence-electron chi connectivity index (χ3n) is 6.01. The average molecular weight is 470 g/mol. The molecule has 1 N–H and O–H groups in total. The molecule has 4 aromatic rings. The molecule has 9 nitrogen and oxygen atoms in total. The third-order valence-corrected chi connectivity index (χ3v) is 6.01. The van der Waals surface area contributed by atoms with Crippen molar-refractivity contribution in [2.75, 3.05) is 17.3 Å². The molecule has 0 saturated carbocycles. The number of carbonyl (C=O) groups excluding carboxylic acids is 1. The average Bonchev–Trinajstić information content (AvgIpc) is 3.49. The summed E-state index contributed by atoms with van der Waals surface area (Å²) in [6, 6.07) is 20.9. The van der Waals surface area contributed by atoms with Crippen molar-refractivity contribution in [2.45, 2.75) is 19.6 Å². The summed E-state index contributed by atoms with van der Waals surface area (Å²) in [6.45, 7) is 2.26. The lowest BCUT2D eigenvalue weighted by molar-refractivity contribution is -0.385. The van der Waals surface area contributed by atoms with Gasteiger partial charge in [-0.15, -0.1) is 0 Å². The van der Waals surface area contributed by atoms with E-state index in [2.05, 4.69) is 10.4 Å². The maximum atomic E-state index is 13.7. The van der Waals surface area contributed by atoms with E-state index in [1.807, 2.05) is 73.7 Å². The Hall–Kier alpha value is -4.66. The number of anilines is 2. The highest BCUT2D eigenvalue weighted by Crippen LogP contribution is 2.42. The van der Waals surface area contributed by atoms with Gasteiger partial charge < -0.3 is 10.1 Å². The number of hydrogen-bond donors (Lipinski definition) is 1. The molecule has 0 spiro atoms. The van der Waals surface area contributed by atoms with Gasteiger partial charge in [0.05, 0.1) is 30.0 Å². The fourth-order valence-electron chi connectivity index (χ4n) is 4.25. The molecule has 1 aliphatic heterocycles. The molecule has 1 aliphatic rings. The first-order chi connectivity index (χ1) is 16.9. The SMILES string of the molecule is COc1ccc(C2Nc3ccccc3N2C(=O)c2ccc(C)cc2)cc1Cn1cc([N+](=O)[O-])cn1. The maximum Gasteiger partial charge on any atom is 0.307 e. The second kappa shape index (κ2) is 8.94. The van der Waals surface area contributed by atoms with Gasteiger partial charge in [-0.1, -0.05) is 35.9 Å². The zero-order valence-electron chi connectivity index (χ0n) is 19.2. The summed E-state index contributed by atoms with van der Waals surface area (Å²) in [4.78, 5) is 26.0. The van der Waals surface area contributed by atoms with E-state index in [4.69, 9.17) is 4.74 Å². The quantitative estimate of drug-likeness (QED) is 0.317. The number of para-hydroxylation sites is 2. The number of nitro groups is 1. The minimum atomic E-state index is -0.481. The number of methoxy groups -OCH3 is 1. The molecule has 35 heavy (non-hydrogen) atoms. The van der Waals surface area contributed by atoms with Crippen LogP contribution in [0.1, 0.15) is 33.2 Å². The smallest absolute Gasteiger partial charge is 0.307 e. The molecule has 2 heterocycles. The van der Waals surface area contributed by atoms with Crippen LogP contribution in [0.4, 0.5) is 17.1 Å². The second-order valence-electron chi connectivity index (χ2n) is 8.33. The van der Waals surface area contributed by atoms with Crippen LogP contribution < -0.4 is 15.0 Å². The van der Waals surface area contributed by atoms with Gasteiger partial charge in [-0.25, -0.2) is 0 Å². The topological polar surface area (TPSA) is 103 Å². The minimum Gasteiger partial charge on any atom is -0.496 e. The van der Waals surface area contributed by atoms with Crippen LogP contribution in [0.2, 0.25) is 0 Å². The van der Waals surface area contributed by atoms with Gasteiger partial charge in [-0.2, -0.15) is 5.10 Å². The Bertz CT molecular complexity index is 1410. The molecular formula is C26H23N5O4. The van der Waals surface area contributed by atoms with Gasteiger partial charge in [0.2, 0.25) is 0 Å². The predicted octanol–water partition coefficient (Wildman–Crippen LogP) is 4.93. The van der Waals surface area contributed by atoms with E-state index in [0.29, 0.717) is 11.3 Å². The number of nitrogens with zero attached hydrogens (tertiary/aromatic N) is 4. The zero-order valence-corrected chi connectivity index (χ0v) is 19.2.